The molecule has 0 aromatic rings. The summed E-state index contributed by atoms with van der Waals surface area (Å²) in [5.41, 5.74) is -0.483. The average Bonchev–Trinajstić information content (AvgIpc) is 2.27. The van der Waals surface area contributed by atoms with Crippen molar-refractivity contribution in [3.8, 4) is 0 Å². The average molecular weight is 277 g/mol. The molecule has 0 atom stereocenters. The topological polar surface area (TPSA) is 49.9 Å². The fraction of sp³-hybridized carbons (Fsp3) is 0.833. The van der Waals surface area contributed by atoms with Crippen LogP contribution in [0, 0.1) is 0 Å². The fourth-order valence-electron chi connectivity index (χ4n) is 1.70. The van der Waals surface area contributed by atoms with Crippen LogP contribution in [-0.4, -0.2) is 59.5 Å². The Labute approximate surface area is 113 Å². The summed E-state index contributed by atoms with van der Waals surface area (Å²) in [5, 5.41) is 0. The summed E-state index contributed by atoms with van der Waals surface area (Å²) in [6, 6.07) is 0. The normalized spacial score (nSPS) is 16.7. The molecular formula is C12H21ClN2O3. The van der Waals surface area contributed by atoms with Gasteiger partial charge in [0.25, 0.3) is 0 Å². The van der Waals surface area contributed by atoms with Gasteiger partial charge in [0.1, 0.15) is 5.60 Å². The van der Waals surface area contributed by atoms with Crippen LogP contribution in [0.1, 0.15) is 27.2 Å². The first kappa shape index (κ1) is 15.1. The van der Waals surface area contributed by atoms with E-state index in [1.54, 1.807) is 9.80 Å². The van der Waals surface area contributed by atoms with Crippen LogP contribution in [0.2, 0.25) is 0 Å². The summed E-state index contributed by atoms with van der Waals surface area (Å²) < 4.78 is 5.28. The van der Waals surface area contributed by atoms with E-state index in [0.29, 0.717) is 38.5 Å². The lowest BCUT2D eigenvalue weighted by atomic mass is 10.2. The minimum atomic E-state index is -0.483. The third-order valence-electron chi connectivity index (χ3n) is 2.59. The van der Waals surface area contributed by atoms with Crippen molar-refractivity contribution in [1.82, 2.24) is 9.80 Å². The number of carbonyl (C=O) groups excluding carboxylic acids is 2. The van der Waals surface area contributed by atoms with Gasteiger partial charge < -0.3 is 14.5 Å². The molecule has 0 aromatic carbocycles. The molecule has 0 aromatic heterocycles. The Morgan fingerprint density at radius 3 is 2.06 bits per heavy atom. The summed E-state index contributed by atoms with van der Waals surface area (Å²) in [6.07, 6.45) is 0.0421. The number of rotatable bonds is 2. The zero-order valence-corrected chi connectivity index (χ0v) is 12.0. The molecule has 0 spiro atoms. The molecule has 1 heterocycles. The second kappa shape index (κ2) is 6.27. The van der Waals surface area contributed by atoms with Crippen LogP contribution in [0.5, 0.6) is 0 Å². The standard InChI is InChI=1S/C12H21ClN2O3/c1-12(2,3)18-11(17)15-8-6-14(7-9-15)10(16)4-5-13/h4-9H2,1-3H3. The van der Waals surface area contributed by atoms with Crippen molar-refractivity contribution in [2.24, 2.45) is 0 Å². The lowest BCUT2D eigenvalue weighted by Crippen LogP contribution is -2.51. The van der Waals surface area contributed by atoms with E-state index < -0.39 is 5.60 Å². The maximum Gasteiger partial charge on any atom is 0.410 e. The Balaban J connectivity index is 2.39. The quantitative estimate of drug-likeness (QED) is 0.721. The molecule has 1 saturated heterocycles. The molecule has 0 aliphatic carbocycles. The SMILES string of the molecule is CC(C)(C)OC(=O)N1CCN(C(=O)CCCl)CC1. The Hall–Kier alpha value is -0.970. The Morgan fingerprint density at radius 2 is 1.61 bits per heavy atom. The predicted octanol–water partition coefficient (Wildman–Crippen LogP) is 1.69. The molecule has 0 radical (unpaired) electrons. The summed E-state index contributed by atoms with van der Waals surface area (Å²) in [7, 11) is 0. The number of hydrogen-bond acceptors (Lipinski definition) is 3. The Bertz CT molecular complexity index is 307. The second-order valence-electron chi connectivity index (χ2n) is 5.29. The van der Waals surface area contributed by atoms with Gasteiger partial charge in [-0.15, -0.1) is 11.6 Å². The lowest BCUT2D eigenvalue weighted by Gasteiger charge is -2.35. The molecule has 1 aliphatic rings. The lowest BCUT2D eigenvalue weighted by molar-refractivity contribution is -0.132. The highest BCUT2D eigenvalue weighted by atomic mass is 35.5. The molecule has 0 bridgehead atoms. The monoisotopic (exact) mass is 276 g/mol. The van der Waals surface area contributed by atoms with Crippen molar-refractivity contribution in [1.29, 1.82) is 0 Å². The van der Waals surface area contributed by atoms with Gasteiger partial charge in [-0.05, 0) is 20.8 Å². The first-order chi connectivity index (χ1) is 8.33. The van der Waals surface area contributed by atoms with Crippen molar-refractivity contribution in [3.63, 3.8) is 0 Å². The largest absolute Gasteiger partial charge is 0.444 e. The van der Waals surface area contributed by atoms with Gasteiger partial charge in [0.05, 0.1) is 0 Å². The number of amides is 2. The minimum absolute atomic E-state index is 0.0499. The van der Waals surface area contributed by atoms with Gasteiger partial charge in [-0.2, -0.15) is 0 Å². The van der Waals surface area contributed by atoms with Gasteiger partial charge in [0.15, 0.2) is 0 Å². The molecule has 0 unspecified atom stereocenters. The van der Waals surface area contributed by atoms with Gasteiger partial charge in [-0.25, -0.2) is 4.79 Å². The smallest absolute Gasteiger partial charge is 0.410 e. The maximum atomic E-state index is 11.8. The molecular weight excluding hydrogens is 256 g/mol. The van der Waals surface area contributed by atoms with Gasteiger partial charge in [0, 0.05) is 38.5 Å². The molecule has 104 valence electrons. The Morgan fingerprint density at radius 1 is 1.11 bits per heavy atom. The fourth-order valence-corrected chi connectivity index (χ4v) is 1.87. The van der Waals surface area contributed by atoms with Crippen molar-refractivity contribution in [2.75, 3.05) is 32.1 Å². The zero-order valence-electron chi connectivity index (χ0n) is 11.2. The Kier molecular flexibility index (Phi) is 5.26. The van der Waals surface area contributed by atoms with Gasteiger partial charge in [0.2, 0.25) is 5.91 Å². The van der Waals surface area contributed by atoms with Crippen molar-refractivity contribution in [2.45, 2.75) is 32.8 Å². The molecule has 0 N–H and O–H groups in total. The van der Waals surface area contributed by atoms with E-state index in [-0.39, 0.29) is 12.0 Å². The van der Waals surface area contributed by atoms with Gasteiger partial charge >= 0.3 is 6.09 Å². The number of ether oxygens (including phenoxy) is 1. The minimum Gasteiger partial charge on any atom is -0.444 e. The summed E-state index contributed by atoms with van der Waals surface area (Å²) in [6.45, 7) is 7.65. The van der Waals surface area contributed by atoms with E-state index in [0.717, 1.165) is 0 Å². The van der Waals surface area contributed by atoms with Crippen LogP contribution in [0.25, 0.3) is 0 Å². The van der Waals surface area contributed by atoms with E-state index in [2.05, 4.69) is 0 Å². The summed E-state index contributed by atoms with van der Waals surface area (Å²) in [4.78, 5) is 26.8. The molecule has 5 nitrogen and oxygen atoms in total. The van der Waals surface area contributed by atoms with E-state index in [9.17, 15) is 9.59 Å². The van der Waals surface area contributed by atoms with Crippen LogP contribution in [0.15, 0.2) is 0 Å². The third kappa shape index (κ3) is 4.72. The van der Waals surface area contributed by atoms with Crippen LogP contribution < -0.4 is 0 Å². The number of piperazine rings is 1. The molecule has 2 amide bonds. The van der Waals surface area contributed by atoms with Gasteiger partial charge in [-0.1, -0.05) is 0 Å². The number of carbonyl (C=O) groups is 2. The van der Waals surface area contributed by atoms with E-state index in [4.69, 9.17) is 16.3 Å². The summed E-state index contributed by atoms with van der Waals surface area (Å²) >= 11 is 5.54. The highest BCUT2D eigenvalue weighted by Crippen LogP contribution is 2.12. The van der Waals surface area contributed by atoms with E-state index >= 15 is 0 Å². The van der Waals surface area contributed by atoms with Crippen molar-refractivity contribution in [3.05, 3.63) is 0 Å². The molecule has 6 heteroatoms. The van der Waals surface area contributed by atoms with Crippen LogP contribution in [0.3, 0.4) is 0 Å². The third-order valence-corrected chi connectivity index (χ3v) is 2.78. The zero-order chi connectivity index (χ0) is 13.8. The number of hydrogen-bond donors (Lipinski definition) is 0. The highest BCUT2D eigenvalue weighted by Gasteiger charge is 2.27. The number of nitrogens with zero attached hydrogens (tertiary/aromatic N) is 2. The number of alkyl halides is 1. The molecule has 1 aliphatic heterocycles. The molecule has 1 rings (SSSR count). The maximum absolute atomic E-state index is 11.8. The van der Waals surface area contributed by atoms with E-state index in [1.807, 2.05) is 20.8 Å². The molecule has 1 fully saturated rings. The number of halogens is 1. The van der Waals surface area contributed by atoms with Crippen molar-refractivity contribution < 1.29 is 14.3 Å². The second-order valence-corrected chi connectivity index (χ2v) is 5.67. The highest BCUT2D eigenvalue weighted by molar-refractivity contribution is 6.18. The van der Waals surface area contributed by atoms with Crippen LogP contribution in [-0.2, 0) is 9.53 Å². The predicted molar refractivity (Wildman–Crippen MR) is 69.7 cm³/mol. The van der Waals surface area contributed by atoms with Crippen LogP contribution in [0.4, 0.5) is 4.79 Å². The first-order valence-corrected chi connectivity index (χ1v) is 6.68. The summed E-state index contributed by atoms with van der Waals surface area (Å²) in [5.74, 6) is 0.388. The van der Waals surface area contributed by atoms with E-state index in [1.165, 1.54) is 0 Å². The van der Waals surface area contributed by atoms with Gasteiger partial charge in [-0.3, -0.25) is 4.79 Å². The first-order valence-electron chi connectivity index (χ1n) is 6.15. The van der Waals surface area contributed by atoms with Crippen LogP contribution >= 0.6 is 11.6 Å². The van der Waals surface area contributed by atoms with Crippen molar-refractivity contribution >= 4 is 23.6 Å². The molecule has 0 saturated carbocycles. The molecule has 18 heavy (non-hydrogen) atoms.